The Balaban J connectivity index is 1.29. The van der Waals surface area contributed by atoms with Gasteiger partial charge in [0.1, 0.15) is 12.7 Å². The van der Waals surface area contributed by atoms with Gasteiger partial charge in [0.2, 0.25) is 0 Å². The molecule has 2 atom stereocenters. The maximum absolute atomic E-state index is 13.1. The predicted octanol–water partition coefficient (Wildman–Crippen LogP) is 1.06. The van der Waals surface area contributed by atoms with Crippen LogP contribution in [0.15, 0.2) is 18.7 Å². The van der Waals surface area contributed by atoms with Crippen molar-refractivity contribution in [2.75, 3.05) is 6.54 Å². The van der Waals surface area contributed by atoms with Gasteiger partial charge in [-0.3, -0.25) is 9.48 Å². The number of carbonyl (C=O) groups excluding carboxylic acids is 1. The number of rotatable bonds is 3. The number of aromatic nitrogens is 5. The Bertz CT molecular complexity index is 849. The minimum absolute atomic E-state index is 0.0191. The van der Waals surface area contributed by atoms with Crippen LogP contribution in [0.4, 0.5) is 0 Å². The van der Waals surface area contributed by atoms with Crippen LogP contribution in [0.3, 0.4) is 0 Å². The summed E-state index contributed by atoms with van der Waals surface area (Å²) in [6, 6.07) is 1.94. The molecular formula is C19H25N7O. The van der Waals surface area contributed by atoms with E-state index < -0.39 is 0 Å². The van der Waals surface area contributed by atoms with E-state index in [0.717, 1.165) is 57.4 Å². The van der Waals surface area contributed by atoms with E-state index in [4.69, 9.17) is 0 Å². The first-order valence-corrected chi connectivity index (χ1v) is 10.1. The second-order valence-corrected chi connectivity index (χ2v) is 9.18. The Morgan fingerprint density at radius 3 is 2.85 bits per heavy atom. The van der Waals surface area contributed by atoms with Gasteiger partial charge in [-0.15, -0.1) is 0 Å². The maximum atomic E-state index is 13.1. The molecule has 0 saturated heterocycles. The molecule has 4 fully saturated rings. The van der Waals surface area contributed by atoms with Gasteiger partial charge in [0.25, 0.3) is 5.91 Å². The number of carbonyl (C=O) groups is 1. The van der Waals surface area contributed by atoms with Crippen LogP contribution in [0.5, 0.6) is 0 Å². The Morgan fingerprint density at radius 2 is 2.11 bits per heavy atom. The largest absolute Gasteiger partial charge is 0.345 e. The Labute approximate surface area is 157 Å². The van der Waals surface area contributed by atoms with Crippen molar-refractivity contribution >= 4 is 5.91 Å². The summed E-state index contributed by atoms with van der Waals surface area (Å²) >= 11 is 0. The summed E-state index contributed by atoms with van der Waals surface area (Å²) < 4.78 is 4.04. The highest BCUT2D eigenvalue weighted by Crippen LogP contribution is 2.60. The second kappa shape index (κ2) is 5.41. The average Bonchev–Trinajstić information content (AvgIpc) is 3.30. The molecule has 4 saturated carbocycles. The minimum atomic E-state index is -0.129. The van der Waals surface area contributed by atoms with E-state index in [0.29, 0.717) is 17.5 Å². The first-order chi connectivity index (χ1) is 13.1. The monoisotopic (exact) mass is 367 g/mol. The molecule has 0 radical (unpaired) electrons. The van der Waals surface area contributed by atoms with Crippen molar-refractivity contribution in [3.63, 3.8) is 0 Å². The van der Waals surface area contributed by atoms with Gasteiger partial charge in [-0.05, 0) is 56.4 Å². The van der Waals surface area contributed by atoms with E-state index in [1.165, 1.54) is 6.42 Å². The molecule has 1 aliphatic heterocycles. The number of hydrogen-bond donors (Lipinski definition) is 2. The maximum Gasteiger partial charge on any atom is 0.272 e. The van der Waals surface area contributed by atoms with Crippen LogP contribution in [0, 0.1) is 11.8 Å². The molecule has 4 bridgehead atoms. The average molecular weight is 367 g/mol. The molecule has 2 N–H and O–H groups in total. The summed E-state index contributed by atoms with van der Waals surface area (Å²) in [4.78, 5) is 17.3. The van der Waals surface area contributed by atoms with Gasteiger partial charge in [-0.1, -0.05) is 0 Å². The molecule has 0 unspecified atom stereocenters. The van der Waals surface area contributed by atoms with E-state index in [-0.39, 0.29) is 17.0 Å². The SMILES string of the molecule is O=C(NC12C[C@@H]3C[C@@H](C1)CC(n1cncn1)(C3)C2)c1cc2n(n1)CCNC2. The fourth-order valence-corrected chi connectivity index (χ4v) is 6.69. The molecule has 1 amide bonds. The zero-order valence-corrected chi connectivity index (χ0v) is 15.4. The lowest BCUT2D eigenvalue weighted by Gasteiger charge is -2.61. The van der Waals surface area contributed by atoms with Gasteiger partial charge < -0.3 is 10.6 Å². The molecule has 27 heavy (non-hydrogen) atoms. The summed E-state index contributed by atoms with van der Waals surface area (Å²) in [5, 5.41) is 15.8. The fourth-order valence-electron chi connectivity index (χ4n) is 6.69. The Hall–Kier alpha value is -2.22. The number of amides is 1. The van der Waals surface area contributed by atoms with Crippen LogP contribution >= 0.6 is 0 Å². The predicted molar refractivity (Wildman–Crippen MR) is 96.8 cm³/mol. The molecule has 0 aromatic carbocycles. The van der Waals surface area contributed by atoms with E-state index in [1.807, 2.05) is 17.1 Å². The number of hydrogen-bond acceptors (Lipinski definition) is 5. The van der Waals surface area contributed by atoms with E-state index in [2.05, 4.69) is 30.5 Å². The molecule has 8 heteroatoms. The molecule has 7 rings (SSSR count). The summed E-state index contributed by atoms with van der Waals surface area (Å²) in [5.74, 6) is 1.30. The van der Waals surface area contributed by atoms with Crippen LogP contribution in [0.1, 0.15) is 54.7 Å². The third-order valence-corrected chi connectivity index (χ3v) is 7.22. The molecule has 0 spiro atoms. The van der Waals surface area contributed by atoms with Crippen molar-refractivity contribution in [3.05, 3.63) is 30.1 Å². The third-order valence-electron chi connectivity index (χ3n) is 7.22. The van der Waals surface area contributed by atoms with Gasteiger partial charge in [-0.2, -0.15) is 10.2 Å². The van der Waals surface area contributed by atoms with Crippen molar-refractivity contribution in [3.8, 4) is 0 Å². The third kappa shape index (κ3) is 2.38. The van der Waals surface area contributed by atoms with Gasteiger partial charge >= 0.3 is 0 Å². The van der Waals surface area contributed by atoms with Gasteiger partial charge in [0, 0.05) is 18.6 Å². The van der Waals surface area contributed by atoms with Crippen molar-refractivity contribution in [1.82, 2.24) is 35.2 Å². The van der Waals surface area contributed by atoms with E-state index >= 15 is 0 Å². The van der Waals surface area contributed by atoms with Gasteiger partial charge in [0.05, 0.1) is 17.8 Å². The summed E-state index contributed by atoms with van der Waals surface area (Å²) in [6.07, 6.45) is 10.2. The molecule has 3 heterocycles. The molecule has 2 aromatic rings. The quantitative estimate of drug-likeness (QED) is 0.847. The lowest BCUT2D eigenvalue weighted by atomic mass is 9.50. The second-order valence-electron chi connectivity index (χ2n) is 9.18. The summed E-state index contributed by atoms with van der Waals surface area (Å²) in [7, 11) is 0. The van der Waals surface area contributed by atoms with Crippen molar-refractivity contribution in [2.24, 2.45) is 11.8 Å². The highest BCUT2D eigenvalue weighted by Gasteiger charge is 2.59. The van der Waals surface area contributed by atoms with Gasteiger partial charge in [-0.25, -0.2) is 9.67 Å². The Kier molecular flexibility index (Phi) is 3.16. The number of nitrogens with one attached hydrogen (secondary N) is 2. The van der Waals surface area contributed by atoms with Crippen LogP contribution in [-0.2, 0) is 18.6 Å². The molecule has 2 aromatic heterocycles. The lowest BCUT2D eigenvalue weighted by Crippen LogP contribution is -2.66. The Morgan fingerprint density at radius 1 is 1.26 bits per heavy atom. The minimum Gasteiger partial charge on any atom is -0.345 e. The zero-order chi connectivity index (χ0) is 18.1. The van der Waals surface area contributed by atoms with Crippen LogP contribution < -0.4 is 10.6 Å². The molecule has 8 nitrogen and oxygen atoms in total. The smallest absolute Gasteiger partial charge is 0.272 e. The summed E-state index contributed by atoms with van der Waals surface area (Å²) in [6.45, 7) is 2.52. The number of fused-ring (bicyclic) bond motifs is 1. The zero-order valence-electron chi connectivity index (χ0n) is 15.4. The van der Waals surface area contributed by atoms with Crippen LogP contribution in [0.25, 0.3) is 0 Å². The highest BCUT2D eigenvalue weighted by atomic mass is 16.2. The van der Waals surface area contributed by atoms with Gasteiger partial charge in [0.15, 0.2) is 5.69 Å². The van der Waals surface area contributed by atoms with E-state index in [9.17, 15) is 4.79 Å². The van der Waals surface area contributed by atoms with E-state index in [1.54, 1.807) is 6.33 Å². The van der Waals surface area contributed by atoms with Crippen LogP contribution in [-0.4, -0.2) is 42.5 Å². The molecular weight excluding hydrogens is 342 g/mol. The number of nitrogens with zero attached hydrogens (tertiary/aromatic N) is 5. The molecule has 5 aliphatic rings. The topological polar surface area (TPSA) is 89.7 Å². The standard InChI is InChI=1S/C19H25N7O/c27-17(16-4-15-9-20-1-2-25(15)24-16)23-18-5-13-3-14(6-18)8-19(7-13,10-18)26-12-21-11-22-26/h4,11-14,20H,1-3,5-10H2,(H,23,27)/t13-,14-,18?,19?/m0/s1. The highest BCUT2D eigenvalue weighted by molar-refractivity contribution is 5.93. The first kappa shape index (κ1) is 15.8. The summed E-state index contributed by atoms with van der Waals surface area (Å²) in [5.41, 5.74) is 1.54. The molecule has 142 valence electrons. The first-order valence-electron chi connectivity index (χ1n) is 10.1. The van der Waals surface area contributed by atoms with Crippen molar-refractivity contribution in [2.45, 2.75) is 62.7 Å². The van der Waals surface area contributed by atoms with Crippen molar-refractivity contribution < 1.29 is 4.79 Å². The van der Waals surface area contributed by atoms with Crippen molar-refractivity contribution in [1.29, 1.82) is 0 Å². The lowest BCUT2D eigenvalue weighted by molar-refractivity contribution is -0.0744. The van der Waals surface area contributed by atoms with Crippen LogP contribution in [0.2, 0.25) is 0 Å². The molecule has 4 aliphatic carbocycles. The fraction of sp³-hybridized carbons (Fsp3) is 0.684. The normalized spacial score (nSPS) is 36.6.